The van der Waals surface area contributed by atoms with Crippen LogP contribution in [0.5, 0.6) is 0 Å². The van der Waals surface area contributed by atoms with Crippen LogP contribution in [0.4, 0.5) is 0 Å². The van der Waals surface area contributed by atoms with Crippen LogP contribution >= 0.6 is 0 Å². The molecule has 6 atom stereocenters. The van der Waals surface area contributed by atoms with Gasteiger partial charge in [0, 0.05) is 0 Å². The summed E-state index contributed by atoms with van der Waals surface area (Å²) in [4.78, 5) is 24.6. The van der Waals surface area contributed by atoms with Crippen molar-refractivity contribution in [1.82, 2.24) is 4.90 Å². The van der Waals surface area contributed by atoms with Crippen LogP contribution < -0.4 is 5.73 Å². The van der Waals surface area contributed by atoms with Gasteiger partial charge in [-0.05, 0) is 0 Å². The van der Waals surface area contributed by atoms with Gasteiger partial charge >= 0.3 is 0 Å². The average molecular weight is 281 g/mol. The summed E-state index contributed by atoms with van der Waals surface area (Å²) >= 11 is 0. The van der Waals surface area contributed by atoms with E-state index in [0.29, 0.717) is 0 Å². The Kier molecular flexibility index (Phi) is 2.15. The van der Waals surface area contributed by atoms with Crippen LogP contribution in [-0.4, -0.2) is 80.4 Å². The molecule has 106 valence electrons. The first-order valence-corrected chi connectivity index (χ1v) is 6.02. The van der Waals surface area contributed by atoms with Gasteiger partial charge in [0.2, 0.25) is 5.96 Å². The Balaban J connectivity index is 1.83. The Labute approximate surface area is 111 Å². The number of nitrogens with zero attached hydrogens (tertiary/aromatic N) is 4. The van der Waals surface area contributed by atoms with Crippen molar-refractivity contribution in [2.24, 2.45) is 20.7 Å². The van der Waals surface area contributed by atoms with Gasteiger partial charge in [0.1, 0.15) is 30.3 Å². The molecule has 3 unspecified atom stereocenters. The molecule has 0 aromatic heterocycles. The topological polar surface area (TPSA) is 153 Å². The summed E-state index contributed by atoms with van der Waals surface area (Å²) < 4.78 is 5.39. The zero-order valence-corrected chi connectivity index (χ0v) is 9.99. The molecule has 0 aliphatic carbocycles. The van der Waals surface area contributed by atoms with Crippen LogP contribution in [0.25, 0.3) is 0 Å². The maximum Gasteiger partial charge on any atom is 0.281 e. The van der Waals surface area contributed by atoms with Gasteiger partial charge in [-0.3, -0.25) is 9.69 Å². The first kappa shape index (κ1) is 11.9. The number of fused-ring (bicyclic) bond motifs is 6. The molecule has 0 radical (unpaired) electrons. The van der Waals surface area contributed by atoms with Crippen molar-refractivity contribution in [2.45, 2.75) is 36.7 Å². The normalized spacial score (nSPS) is 45.6. The number of carbonyl (C=O) groups excluding carboxylic acids is 1. The van der Waals surface area contributed by atoms with E-state index in [-0.39, 0.29) is 17.6 Å². The number of amides is 1. The van der Waals surface area contributed by atoms with E-state index in [1.807, 2.05) is 0 Å². The lowest BCUT2D eigenvalue weighted by atomic mass is 10.1. The molecule has 0 spiro atoms. The zero-order valence-electron chi connectivity index (χ0n) is 9.99. The van der Waals surface area contributed by atoms with Crippen molar-refractivity contribution in [3.05, 3.63) is 0 Å². The van der Waals surface area contributed by atoms with Gasteiger partial charge in [-0.25, -0.2) is 4.99 Å². The predicted octanol–water partition coefficient (Wildman–Crippen LogP) is -3.86. The molecule has 4 aliphatic rings. The Morgan fingerprint density at radius 2 is 1.90 bits per heavy atom. The minimum absolute atomic E-state index is 0.129. The molecule has 2 bridgehead atoms. The standard InChI is InChI=1S/C10H11N5O5/c11-10-13-6-1(8(19)14-10)12-7-4(18)5-2(16)3(17)9(20-5)15(6)7/h1-5,9,16-18H,(H2,11,14,19)/t1?,2-,3+,4-,5?,9?/m0/s1. The second-order valence-electron chi connectivity index (χ2n) is 4.96. The second-order valence-corrected chi connectivity index (χ2v) is 4.96. The number of hydrogen-bond donors (Lipinski definition) is 4. The molecule has 4 heterocycles. The maximum absolute atomic E-state index is 11.8. The Bertz CT molecular complexity index is 601. The van der Waals surface area contributed by atoms with Crippen LogP contribution in [0.3, 0.4) is 0 Å². The van der Waals surface area contributed by atoms with E-state index in [1.54, 1.807) is 0 Å². The van der Waals surface area contributed by atoms with Gasteiger partial charge in [0.25, 0.3) is 5.91 Å². The fourth-order valence-electron chi connectivity index (χ4n) is 2.88. The number of hydrogen-bond acceptors (Lipinski definition) is 9. The third-order valence-electron chi connectivity index (χ3n) is 3.79. The summed E-state index contributed by atoms with van der Waals surface area (Å²) in [6, 6.07) is -0.987. The molecule has 10 nitrogen and oxygen atoms in total. The Morgan fingerprint density at radius 3 is 2.65 bits per heavy atom. The monoisotopic (exact) mass is 281 g/mol. The molecule has 4 aliphatic heterocycles. The molecule has 0 saturated carbocycles. The lowest BCUT2D eigenvalue weighted by molar-refractivity contribution is -0.117. The van der Waals surface area contributed by atoms with Gasteiger partial charge in [-0.1, -0.05) is 0 Å². The van der Waals surface area contributed by atoms with Crippen molar-refractivity contribution in [2.75, 3.05) is 0 Å². The SMILES string of the molecule is NC1=NC(=O)C2N=C3[C@@H](O)C4OC([C@H](O)[C@@H]4O)N3C2=N1. The van der Waals surface area contributed by atoms with E-state index in [9.17, 15) is 20.1 Å². The lowest BCUT2D eigenvalue weighted by Gasteiger charge is -2.35. The van der Waals surface area contributed by atoms with Crippen molar-refractivity contribution in [1.29, 1.82) is 0 Å². The molecular formula is C10H11N5O5. The summed E-state index contributed by atoms with van der Waals surface area (Å²) in [5.41, 5.74) is 5.45. The second kappa shape index (κ2) is 3.61. The summed E-state index contributed by atoms with van der Waals surface area (Å²) in [6.07, 6.45) is -5.70. The van der Waals surface area contributed by atoms with E-state index < -0.39 is 42.6 Å². The van der Waals surface area contributed by atoms with Crippen molar-refractivity contribution in [3.63, 3.8) is 0 Å². The molecule has 0 aromatic carbocycles. The number of ether oxygens (including phenoxy) is 1. The number of aliphatic hydroxyl groups is 3. The molecule has 2 fully saturated rings. The first-order valence-electron chi connectivity index (χ1n) is 6.02. The molecule has 20 heavy (non-hydrogen) atoms. The third kappa shape index (κ3) is 1.26. The van der Waals surface area contributed by atoms with Crippen LogP contribution in [0.1, 0.15) is 0 Å². The van der Waals surface area contributed by atoms with E-state index in [1.165, 1.54) is 4.90 Å². The fourth-order valence-corrected chi connectivity index (χ4v) is 2.88. The van der Waals surface area contributed by atoms with E-state index in [2.05, 4.69) is 15.0 Å². The molecule has 1 amide bonds. The minimum atomic E-state index is -1.26. The summed E-state index contributed by atoms with van der Waals surface area (Å²) in [5, 5.41) is 29.9. The predicted molar refractivity (Wildman–Crippen MR) is 63.8 cm³/mol. The number of rotatable bonds is 0. The lowest BCUT2D eigenvalue weighted by Crippen LogP contribution is -2.57. The van der Waals surface area contributed by atoms with Crippen molar-refractivity contribution in [3.8, 4) is 0 Å². The van der Waals surface area contributed by atoms with Gasteiger partial charge in [0.05, 0.1) is 0 Å². The summed E-state index contributed by atoms with van der Waals surface area (Å²) in [6.45, 7) is 0. The molecule has 0 aromatic rings. The van der Waals surface area contributed by atoms with Gasteiger partial charge in [-0.15, -0.1) is 0 Å². The van der Waals surface area contributed by atoms with Crippen LogP contribution in [0.2, 0.25) is 0 Å². The highest BCUT2D eigenvalue weighted by atomic mass is 16.6. The Morgan fingerprint density at radius 1 is 1.15 bits per heavy atom. The summed E-state index contributed by atoms with van der Waals surface area (Å²) in [7, 11) is 0. The van der Waals surface area contributed by atoms with Crippen LogP contribution in [0, 0.1) is 0 Å². The highest BCUT2D eigenvalue weighted by molar-refractivity contribution is 6.25. The number of aliphatic imine (C=N–C) groups is 3. The maximum atomic E-state index is 11.8. The first-order chi connectivity index (χ1) is 9.49. The molecule has 2 saturated heterocycles. The van der Waals surface area contributed by atoms with E-state index in [0.717, 1.165) is 0 Å². The van der Waals surface area contributed by atoms with E-state index >= 15 is 0 Å². The molecular weight excluding hydrogens is 270 g/mol. The average Bonchev–Trinajstić information content (AvgIpc) is 2.88. The minimum Gasteiger partial charge on any atom is -0.387 e. The molecule has 10 heteroatoms. The van der Waals surface area contributed by atoms with Gasteiger partial charge in [-0.2, -0.15) is 9.98 Å². The summed E-state index contributed by atoms with van der Waals surface area (Å²) in [5.74, 6) is -0.535. The number of aliphatic hydroxyl groups excluding tert-OH is 3. The van der Waals surface area contributed by atoms with Crippen LogP contribution in [-0.2, 0) is 9.53 Å². The number of guanidine groups is 1. The van der Waals surface area contributed by atoms with Crippen molar-refractivity contribution >= 4 is 23.5 Å². The Hall–Kier alpha value is -1.88. The quantitative estimate of drug-likeness (QED) is 0.354. The number of carbonyl (C=O) groups is 1. The fraction of sp³-hybridized carbons (Fsp3) is 0.600. The largest absolute Gasteiger partial charge is 0.387 e. The van der Waals surface area contributed by atoms with Gasteiger partial charge in [0.15, 0.2) is 18.1 Å². The van der Waals surface area contributed by atoms with Gasteiger partial charge < -0.3 is 25.8 Å². The van der Waals surface area contributed by atoms with Crippen LogP contribution in [0.15, 0.2) is 15.0 Å². The third-order valence-corrected chi connectivity index (χ3v) is 3.79. The van der Waals surface area contributed by atoms with Crippen molar-refractivity contribution < 1.29 is 24.9 Å². The smallest absolute Gasteiger partial charge is 0.281 e. The number of amidine groups is 2. The highest BCUT2D eigenvalue weighted by Gasteiger charge is 2.60. The number of nitrogens with two attached hydrogens (primary N) is 1. The van der Waals surface area contributed by atoms with E-state index in [4.69, 9.17) is 10.5 Å². The molecule has 5 N–H and O–H groups in total. The molecule has 4 rings (SSSR count). The zero-order chi connectivity index (χ0) is 14.2. The highest BCUT2D eigenvalue weighted by Crippen LogP contribution is 2.36.